The fourth-order valence-electron chi connectivity index (χ4n) is 11.4. The minimum absolute atomic E-state index is 0.00538. The molecule has 292 valence electrons. The molecule has 2 N–H and O–H groups in total. The highest BCUT2D eigenvalue weighted by molar-refractivity contribution is 5.87. The molecule has 6 atom stereocenters. The van der Waals surface area contributed by atoms with Crippen LogP contribution in [0.2, 0.25) is 0 Å². The van der Waals surface area contributed by atoms with Gasteiger partial charge in [-0.25, -0.2) is 0 Å². The molecule has 6 unspecified atom stereocenters. The molecule has 60 heavy (non-hydrogen) atoms. The zero-order valence-corrected chi connectivity index (χ0v) is 34.2. The molecule has 0 aromatic heterocycles. The van der Waals surface area contributed by atoms with Crippen LogP contribution in [0.15, 0.2) is 205 Å². The first kappa shape index (κ1) is 35.4. The van der Waals surface area contributed by atoms with Gasteiger partial charge in [0.15, 0.2) is 0 Å². The zero-order chi connectivity index (χ0) is 40.0. The summed E-state index contributed by atoms with van der Waals surface area (Å²) in [5.74, 6) is 0.780. The fourth-order valence-corrected chi connectivity index (χ4v) is 11.4. The second-order valence-corrected chi connectivity index (χ2v) is 18.0. The molecule has 3 nitrogen and oxygen atoms in total. The van der Waals surface area contributed by atoms with Gasteiger partial charge in [-0.2, -0.15) is 0 Å². The van der Waals surface area contributed by atoms with Crippen LogP contribution in [-0.2, 0) is 5.41 Å². The van der Waals surface area contributed by atoms with Gasteiger partial charge in [-0.1, -0.05) is 172 Å². The van der Waals surface area contributed by atoms with Gasteiger partial charge in [0, 0.05) is 45.9 Å². The number of nitrogens with zero attached hydrogens (tertiary/aromatic N) is 1. The third kappa shape index (κ3) is 5.55. The lowest BCUT2D eigenvalue weighted by Crippen LogP contribution is -2.42. The summed E-state index contributed by atoms with van der Waals surface area (Å²) < 4.78 is 0. The van der Waals surface area contributed by atoms with Crippen molar-refractivity contribution in [3.63, 3.8) is 0 Å². The zero-order valence-electron chi connectivity index (χ0n) is 34.2. The lowest BCUT2D eigenvalue weighted by molar-refractivity contribution is 0.500. The molecule has 4 aromatic carbocycles. The van der Waals surface area contributed by atoms with Crippen LogP contribution >= 0.6 is 0 Å². The van der Waals surface area contributed by atoms with E-state index in [1.807, 2.05) is 0 Å². The van der Waals surface area contributed by atoms with Crippen LogP contribution in [0.25, 0.3) is 22.9 Å². The molecule has 8 aliphatic rings. The molecule has 3 aliphatic heterocycles. The number of hydrogen-bond acceptors (Lipinski definition) is 3. The van der Waals surface area contributed by atoms with Gasteiger partial charge in [-0.05, 0) is 104 Å². The molecule has 0 fully saturated rings. The molecule has 0 saturated carbocycles. The first-order chi connectivity index (χ1) is 29.5. The van der Waals surface area contributed by atoms with Crippen molar-refractivity contribution in [1.29, 1.82) is 0 Å². The highest BCUT2D eigenvalue weighted by atomic mass is 15.2. The number of benzene rings is 4. The van der Waals surface area contributed by atoms with Gasteiger partial charge in [-0.3, -0.25) is 0 Å². The van der Waals surface area contributed by atoms with E-state index < -0.39 is 0 Å². The number of para-hydroxylation sites is 1. The molecular weight excluding hydrogens is 727 g/mol. The molecule has 4 aromatic rings. The number of nitrogens with one attached hydrogen (secondary N) is 2. The Morgan fingerprint density at radius 1 is 0.667 bits per heavy atom. The Morgan fingerprint density at radius 3 is 2.42 bits per heavy atom. The third-order valence-corrected chi connectivity index (χ3v) is 14.3. The smallest absolute Gasteiger partial charge is 0.0757 e. The number of allylic oxidation sites excluding steroid dienone is 14. The largest absolute Gasteiger partial charge is 0.376 e. The Kier molecular flexibility index (Phi) is 8.10. The van der Waals surface area contributed by atoms with Gasteiger partial charge in [0.25, 0.3) is 0 Å². The Hall–Kier alpha value is -6.58. The van der Waals surface area contributed by atoms with E-state index >= 15 is 0 Å². The Labute approximate surface area is 354 Å². The van der Waals surface area contributed by atoms with Crippen molar-refractivity contribution in [2.24, 2.45) is 11.8 Å². The number of hydrogen-bond donors (Lipinski definition) is 2. The molecule has 0 amide bonds. The van der Waals surface area contributed by atoms with Crippen LogP contribution in [0.1, 0.15) is 77.6 Å². The SMILES string of the molecule is CC1(C)C2=C(CCC=C2)c2ccc(C3=CC4C=CC=CC4C(N4c5ccccc5C5C=C(C6=CC=CC(C7NC(c8ccccc8)=Cc8ccccc87)N6)C=CC54)=C3)cc21. The quantitative estimate of drug-likeness (QED) is 0.211. The molecule has 12 rings (SSSR count). The predicted octanol–water partition coefficient (Wildman–Crippen LogP) is 12.4. The Balaban J connectivity index is 0.866. The van der Waals surface area contributed by atoms with Crippen molar-refractivity contribution < 1.29 is 0 Å². The number of dihydropyridines is 1. The van der Waals surface area contributed by atoms with Crippen molar-refractivity contribution in [2.75, 3.05) is 4.90 Å². The molecular formula is C57H49N3. The van der Waals surface area contributed by atoms with Crippen molar-refractivity contribution in [3.8, 4) is 0 Å². The molecule has 0 radical (unpaired) electrons. The van der Waals surface area contributed by atoms with Crippen molar-refractivity contribution in [1.82, 2.24) is 10.6 Å². The van der Waals surface area contributed by atoms with Gasteiger partial charge >= 0.3 is 0 Å². The fraction of sp³-hybridized carbons (Fsp3) is 0.193. The lowest BCUT2D eigenvalue weighted by Gasteiger charge is -2.39. The van der Waals surface area contributed by atoms with Crippen LogP contribution in [0.3, 0.4) is 0 Å². The summed E-state index contributed by atoms with van der Waals surface area (Å²) in [5.41, 5.74) is 20.0. The van der Waals surface area contributed by atoms with E-state index in [1.165, 1.54) is 67.0 Å². The van der Waals surface area contributed by atoms with Crippen molar-refractivity contribution >= 4 is 28.6 Å². The Bertz CT molecular complexity index is 2830. The van der Waals surface area contributed by atoms with Crippen LogP contribution in [0.4, 0.5) is 5.69 Å². The number of fused-ring (bicyclic) bond motifs is 7. The average molecular weight is 776 g/mol. The minimum Gasteiger partial charge on any atom is -0.376 e. The van der Waals surface area contributed by atoms with E-state index in [-0.39, 0.29) is 35.4 Å². The molecule has 0 saturated heterocycles. The van der Waals surface area contributed by atoms with E-state index in [9.17, 15) is 0 Å². The predicted molar refractivity (Wildman–Crippen MR) is 250 cm³/mol. The highest BCUT2D eigenvalue weighted by Gasteiger charge is 2.43. The summed E-state index contributed by atoms with van der Waals surface area (Å²) in [5, 5.41) is 7.92. The molecule has 5 aliphatic carbocycles. The normalized spacial score (nSPS) is 27.2. The lowest BCUT2D eigenvalue weighted by atomic mass is 9.76. The summed E-state index contributed by atoms with van der Waals surface area (Å²) in [4.78, 5) is 2.67. The van der Waals surface area contributed by atoms with Crippen molar-refractivity contribution in [2.45, 2.75) is 56.1 Å². The van der Waals surface area contributed by atoms with Crippen molar-refractivity contribution in [3.05, 3.63) is 244 Å². The van der Waals surface area contributed by atoms with Gasteiger partial charge in [0.05, 0.1) is 18.1 Å². The summed E-state index contributed by atoms with van der Waals surface area (Å²) >= 11 is 0. The van der Waals surface area contributed by atoms with Gasteiger partial charge in [-0.15, -0.1) is 0 Å². The van der Waals surface area contributed by atoms with E-state index in [4.69, 9.17) is 0 Å². The van der Waals surface area contributed by atoms with Crippen LogP contribution in [-0.4, -0.2) is 12.1 Å². The Morgan fingerprint density at radius 2 is 1.50 bits per heavy atom. The first-order valence-electron chi connectivity index (χ1n) is 21.9. The summed E-state index contributed by atoms with van der Waals surface area (Å²) in [6.45, 7) is 4.82. The van der Waals surface area contributed by atoms with Gasteiger partial charge < -0.3 is 15.5 Å². The van der Waals surface area contributed by atoms with Crippen LogP contribution in [0.5, 0.6) is 0 Å². The average Bonchev–Trinajstić information content (AvgIpc) is 3.76. The van der Waals surface area contributed by atoms with E-state index in [1.54, 1.807) is 5.57 Å². The maximum atomic E-state index is 3.99. The highest BCUT2D eigenvalue weighted by Crippen LogP contribution is 2.53. The van der Waals surface area contributed by atoms with Gasteiger partial charge in [0.1, 0.15) is 0 Å². The second kappa shape index (κ2) is 13.7. The maximum absolute atomic E-state index is 3.99. The number of rotatable bonds is 5. The number of anilines is 1. The standard InChI is InChI=1S/C57H49N3/c1-57(2)48-23-12-10-21-44(48)45-29-27-37(33-49(45)57)41-31-38-17-6-8-19-42(38)55(35-41)60-53-26-13-11-22-46(53)47-32-40(28-30-54(47)60)50-24-14-25-51(58-50)56-43-20-9-7-18-39(43)34-52(59-56)36-15-4-3-5-16-36/h3-9,11-20,22-35,38,42,47,51,54,56,58-59H,10,21H2,1-2H3. The van der Waals surface area contributed by atoms with E-state index in [2.05, 4.69) is 218 Å². The summed E-state index contributed by atoms with van der Waals surface area (Å²) in [6, 6.07) is 36.2. The van der Waals surface area contributed by atoms with E-state index in [0.717, 1.165) is 24.2 Å². The van der Waals surface area contributed by atoms with Crippen LogP contribution < -0.4 is 15.5 Å². The maximum Gasteiger partial charge on any atom is 0.0757 e. The van der Waals surface area contributed by atoms with Crippen LogP contribution in [0, 0.1) is 11.8 Å². The van der Waals surface area contributed by atoms with E-state index in [0.29, 0.717) is 5.92 Å². The topological polar surface area (TPSA) is 27.3 Å². The monoisotopic (exact) mass is 775 g/mol. The first-order valence-corrected chi connectivity index (χ1v) is 21.9. The summed E-state index contributed by atoms with van der Waals surface area (Å²) in [7, 11) is 0. The second-order valence-electron chi connectivity index (χ2n) is 18.0. The molecule has 0 spiro atoms. The molecule has 0 bridgehead atoms. The third-order valence-electron chi connectivity index (χ3n) is 14.3. The van der Waals surface area contributed by atoms with Gasteiger partial charge in [0.2, 0.25) is 0 Å². The molecule has 3 heterocycles. The molecule has 3 heteroatoms. The summed E-state index contributed by atoms with van der Waals surface area (Å²) in [6.07, 6.45) is 37.8. The minimum atomic E-state index is 0.00538.